The van der Waals surface area contributed by atoms with E-state index in [1.165, 1.54) is 0 Å². The van der Waals surface area contributed by atoms with E-state index in [2.05, 4.69) is 10.2 Å². The second-order valence-electron chi connectivity index (χ2n) is 10.9. The Morgan fingerprint density at radius 2 is 1.63 bits per heavy atom. The molecule has 16 heteroatoms. The summed E-state index contributed by atoms with van der Waals surface area (Å²) in [5, 5.41) is 34.9. The molecule has 2 saturated heterocycles. The molecule has 11 nitrogen and oxygen atoms in total. The number of phenolic OH excluding ortho intramolecular Hbond substituents is 2. The summed E-state index contributed by atoms with van der Waals surface area (Å²) < 4.78 is 27.1. The number of ether oxygens (including phenoxy) is 2. The van der Waals surface area contributed by atoms with Gasteiger partial charge in [-0.3, -0.25) is 29.5 Å². The zero-order chi connectivity index (χ0) is 29.8. The van der Waals surface area contributed by atoms with Crippen molar-refractivity contribution in [2.45, 2.75) is 38.3 Å². The molecule has 3 aliphatic heterocycles. The minimum Gasteiger partial charge on any atom is -0.508 e. The number of nitrogens with one attached hydrogen (secondary N) is 1. The Bertz CT molecular complexity index is 1460. The summed E-state index contributed by atoms with van der Waals surface area (Å²) in [6.45, 7) is 2.32. The topological polar surface area (TPSA) is 149 Å². The highest BCUT2D eigenvalue weighted by Gasteiger charge is 2.52. The predicted molar refractivity (Wildman–Crippen MR) is 157 cm³/mol. The Hall–Kier alpha value is -3.48. The number of hydrogen-bond donors (Lipinski definition) is 4. The number of nitrogens with zero attached hydrogens (tertiary/aromatic N) is 2. The molecule has 0 aromatic heterocycles. The van der Waals surface area contributed by atoms with Gasteiger partial charge in [-0.25, -0.2) is 4.39 Å². The van der Waals surface area contributed by atoms with E-state index >= 15 is 4.39 Å². The number of benzene rings is 2. The summed E-state index contributed by atoms with van der Waals surface area (Å²) in [6, 6.07) is 0. The fourth-order valence-corrected chi connectivity index (χ4v) is 5.77. The lowest BCUT2D eigenvalue weighted by atomic mass is 9.74. The van der Waals surface area contributed by atoms with Crippen LogP contribution >= 0.6 is 0 Å². The van der Waals surface area contributed by atoms with Gasteiger partial charge in [0.25, 0.3) is 11.8 Å². The molecule has 3 heterocycles. The van der Waals surface area contributed by atoms with Gasteiger partial charge in [-0.05, 0) is 5.46 Å². The number of aromatic hydroxyl groups is 2. The van der Waals surface area contributed by atoms with Crippen LogP contribution in [-0.2, 0) is 34.0 Å². The van der Waals surface area contributed by atoms with Crippen LogP contribution in [0.1, 0.15) is 39.9 Å². The second kappa shape index (κ2) is 10.7. The van der Waals surface area contributed by atoms with Crippen molar-refractivity contribution in [3.63, 3.8) is 0 Å². The first kappa shape index (κ1) is 29.0. The molecule has 2 aromatic carbocycles. The standard InChI is InChI=1S/C25H30B4FN3O8/c26-15-11(7-32-3-5-40-6-4-32)20(35)19(30)12(16(15)27)9-41-22-10-8-33(25(39)2-1-13(34)31-24(25)38)23(37)14(10)21(36)17(28)18(22)29/h35-36,39H,1-9,26-29H2,(H,31,34,38). The Kier molecular flexibility index (Phi) is 7.60. The Balaban J connectivity index is 1.47. The summed E-state index contributed by atoms with van der Waals surface area (Å²) in [5.41, 5.74) is 0.655. The minimum absolute atomic E-state index is 0.127. The van der Waals surface area contributed by atoms with Crippen molar-refractivity contribution in [1.82, 2.24) is 15.1 Å². The van der Waals surface area contributed by atoms with Crippen LogP contribution in [0, 0.1) is 5.82 Å². The highest BCUT2D eigenvalue weighted by Crippen LogP contribution is 2.39. The maximum atomic E-state index is 15.6. The van der Waals surface area contributed by atoms with Gasteiger partial charge in [-0.1, -0.05) is 16.4 Å². The van der Waals surface area contributed by atoms with Gasteiger partial charge in [0.05, 0.1) is 25.3 Å². The first-order chi connectivity index (χ1) is 19.4. The molecule has 0 saturated carbocycles. The lowest BCUT2D eigenvalue weighted by Crippen LogP contribution is -2.63. The van der Waals surface area contributed by atoms with E-state index in [1.807, 2.05) is 7.85 Å². The third kappa shape index (κ3) is 4.77. The third-order valence-corrected chi connectivity index (χ3v) is 8.68. The number of aliphatic hydroxyl groups is 1. The molecule has 0 spiro atoms. The van der Waals surface area contributed by atoms with E-state index in [0.717, 1.165) is 10.4 Å². The van der Waals surface area contributed by atoms with Crippen LogP contribution in [0.25, 0.3) is 0 Å². The number of halogens is 1. The normalized spacial score (nSPS) is 21.2. The van der Waals surface area contributed by atoms with Crippen LogP contribution < -0.4 is 31.9 Å². The third-order valence-electron chi connectivity index (χ3n) is 8.68. The first-order valence-electron chi connectivity index (χ1n) is 13.5. The number of rotatable bonds is 6. The average Bonchev–Trinajstić information content (AvgIpc) is 3.30. The number of hydrogen-bond acceptors (Lipinski definition) is 9. The van der Waals surface area contributed by atoms with Crippen LogP contribution in [-0.4, -0.2) is 106 Å². The molecule has 2 fully saturated rings. The molecule has 41 heavy (non-hydrogen) atoms. The maximum absolute atomic E-state index is 15.6. The number of carbonyl (C=O) groups excluding carboxylic acids is 3. The molecule has 1 unspecified atom stereocenters. The second-order valence-corrected chi connectivity index (χ2v) is 10.9. The lowest BCUT2D eigenvalue weighted by Gasteiger charge is -2.37. The van der Waals surface area contributed by atoms with Crippen LogP contribution in [0.2, 0.25) is 0 Å². The van der Waals surface area contributed by atoms with E-state index < -0.39 is 35.0 Å². The van der Waals surface area contributed by atoms with Gasteiger partial charge >= 0.3 is 0 Å². The van der Waals surface area contributed by atoms with Crippen molar-refractivity contribution >= 4 is 71.0 Å². The summed E-state index contributed by atoms with van der Waals surface area (Å²) >= 11 is 0. The van der Waals surface area contributed by atoms with Crippen molar-refractivity contribution < 1.29 is 43.6 Å². The molecule has 3 amide bonds. The van der Waals surface area contributed by atoms with E-state index in [1.54, 1.807) is 23.5 Å². The number of fused-ring (bicyclic) bond motifs is 1. The molecule has 5 rings (SSSR count). The minimum atomic E-state index is -2.29. The quantitative estimate of drug-likeness (QED) is 0.199. The molecule has 4 N–H and O–H groups in total. The summed E-state index contributed by atoms with van der Waals surface area (Å²) in [6.07, 6.45) is -0.467. The molecular formula is C25H30B4FN3O8. The van der Waals surface area contributed by atoms with Gasteiger partial charge in [0.15, 0.2) is 11.6 Å². The van der Waals surface area contributed by atoms with Crippen molar-refractivity contribution in [1.29, 1.82) is 0 Å². The maximum Gasteiger partial charge on any atom is 0.279 e. The number of carbonyl (C=O) groups is 3. The van der Waals surface area contributed by atoms with Gasteiger partial charge in [-0.15, -0.1) is 0 Å². The van der Waals surface area contributed by atoms with Crippen LogP contribution in [0.3, 0.4) is 0 Å². The number of imide groups is 1. The molecule has 2 aromatic rings. The van der Waals surface area contributed by atoms with Gasteiger partial charge in [0.2, 0.25) is 11.6 Å². The van der Waals surface area contributed by atoms with Crippen LogP contribution in [0.5, 0.6) is 17.2 Å². The fourth-order valence-electron chi connectivity index (χ4n) is 5.77. The Morgan fingerprint density at radius 1 is 0.976 bits per heavy atom. The van der Waals surface area contributed by atoms with Crippen LogP contribution in [0.15, 0.2) is 0 Å². The molecular weight excluding hydrogens is 533 g/mol. The highest BCUT2D eigenvalue weighted by molar-refractivity contribution is 6.52. The number of morpholine rings is 1. The highest BCUT2D eigenvalue weighted by atomic mass is 19.1. The Labute approximate surface area is 239 Å². The van der Waals surface area contributed by atoms with Gasteiger partial charge in [0.1, 0.15) is 49.5 Å². The van der Waals surface area contributed by atoms with E-state index in [0.29, 0.717) is 54.8 Å². The molecule has 212 valence electrons. The number of amides is 3. The number of piperidine rings is 1. The summed E-state index contributed by atoms with van der Waals surface area (Å²) in [7, 11) is 6.84. The number of phenols is 2. The predicted octanol–water partition coefficient (Wildman–Crippen LogP) is -6.24. The monoisotopic (exact) mass is 563 g/mol. The summed E-state index contributed by atoms with van der Waals surface area (Å²) in [5.74, 6) is -3.71. The van der Waals surface area contributed by atoms with Crippen molar-refractivity contribution in [3.05, 3.63) is 28.1 Å². The average molecular weight is 563 g/mol. The molecule has 0 aliphatic carbocycles. The van der Waals surface area contributed by atoms with E-state index in [9.17, 15) is 29.7 Å². The first-order valence-corrected chi connectivity index (χ1v) is 13.5. The lowest BCUT2D eigenvalue weighted by molar-refractivity contribution is -0.168. The van der Waals surface area contributed by atoms with E-state index in [-0.39, 0.29) is 54.2 Å². The molecule has 0 bridgehead atoms. The SMILES string of the molecule is Bc1c(B)c(OCc2c(B)c(B)c(CN3CCOCC3)c(O)c2F)c2c(c1O)C(=O)N(C1(O)CCC(=O)NC1=O)C2. The van der Waals surface area contributed by atoms with Gasteiger partial charge in [-0.2, -0.15) is 0 Å². The van der Waals surface area contributed by atoms with Gasteiger partial charge in [0, 0.05) is 49.2 Å². The Morgan fingerprint density at radius 3 is 2.29 bits per heavy atom. The van der Waals surface area contributed by atoms with Crippen LogP contribution in [0.4, 0.5) is 4.39 Å². The molecule has 3 aliphatic rings. The molecule has 1 atom stereocenters. The van der Waals surface area contributed by atoms with Crippen molar-refractivity contribution in [2.24, 2.45) is 0 Å². The van der Waals surface area contributed by atoms with Gasteiger partial charge < -0.3 is 24.8 Å². The zero-order valence-electron chi connectivity index (χ0n) is 23.5. The zero-order valence-corrected chi connectivity index (χ0v) is 23.5. The summed E-state index contributed by atoms with van der Waals surface area (Å²) in [4.78, 5) is 40.6. The van der Waals surface area contributed by atoms with Crippen molar-refractivity contribution in [3.8, 4) is 17.2 Å². The fraction of sp³-hybridized carbons (Fsp3) is 0.400. The smallest absolute Gasteiger partial charge is 0.279 e. The van der Waals surface area contributed by atoms with E-state index in [4.69, 9.17) is 9.47 Å². The largest absolute Gasteiger partial charge is 0.508 e. The molecule has 0 radical (unpaired) electrons. The van der Waals surface area contributed by atoms with Crippen molar-refractivity contribution in [2.75, 3.05) is 26.3 Å².